The van der Waals surface area contributed by atoms with E-state index in [4.69, 9.17) is 4.74 Å². The van der Waals surface area contributed by atoms with Gasteiger partial charge in [-0.05, 0) is 53.9 Å². The van der Waals surface area contributed by atoms with Crippen molar-refractivity contribution in [1.29, 1.82) is 0 Å². The number of carboxylic acid groups (broad SMARTS) is 1. The van der Waals surface area contributed by atoms with Crippen LogP contribution in [-0.2, 0) is 14.3 Å². The topological polar surface area (TPSA) is 95.9 Å². The van der Waals surface area contributed by atoms with Crippen LogP contribution in [0.2, 0.25) is 0 Å². The Bertz CT molecular complexity index is 1080. The number of ether oxygens (including phenoxy) is 1. The predicted molar refractivity (Wildman–Crippen MR) is 126 cm³/mol. The van der Waals surface area contributed by atoms with Crippen LogP contribution < -0.4 is 5.32 Å². The Morgan fingerprint density at radius 3 is 2.26 bits per heavy atom. The first-order valence-electron chi connectivity index (χ1n) is 12.0. The van der Waals surface area contributed by atoms with Crippen LogP contribution in [-0.4, -0.2) is 53.7 Å². The molecule has 2 unspecified atom stereocenters. The number of nitrogens with zero attached hydrogens (tertiary/aromatic N) is 1. The lowest BCUT2D eigenvalue weighted by atomic mass is 9.89. The highest BCUT2D eigenvalue weighted by atomic mass is 16.5. The van der Waals surface area contributed by atoms with Gasteiger partial charge in [-0.1, -0.05) is 55.5 Å². The monoisotopic (exact) mass is 462 g/mol. The average molecular weight is 463 g/mol. The summed E-state index contributed by atoms with van der Waals surface area (Å²) in [6, 6.07) is 15.5. The van der Waals surface area contributed by atoms with E-state index in [1.165, 1.54) is 16.0 Å². The lowest BCUT2D eigenvalue weighted by Crippen LogP contribution is -2.55. The molecule has 1 heterocycles. The molecule has 0 aromatic heterocycles. The molecule has 2 amide bonds. The minimum Gasteiger partial charge on any atom is -0.480 e. The van der Waals surface area contributed by atoms with E-state index < -0.39 is 23.5 Å². The van der Waals surface area contributed by atoms with Crippen LogP contribution in [0.25, 0.3) is 11.1 Å². The predicted octanol–water partition coefficient (Wildman–Crippen LogP) is 4.02. The molecular weight excluding hydrogens is 432 g/mol. The third-order valence-corrected chi connectivity index (χ3v) is 7.67. The molecule has 2 aromatic carbocycles. The molecule has 0 radical (unpaired) electrons. The third-order valence-electron chi connectivity index (χ3n) is 7.67. The third kappa shape index (κ3) is 3.93. The minimum absolute atomic E-state index is 0.0270. The molecule has 0 spiro atoms. The number of rotatable bonds is 6. The highest BCUT2D eigenvalue weighted by Gasteiger charge is 2.54. The van der Waals surface area contributed by atoms with Gasteiger partial charge >= 0.3 is 12.1 Å². The number of amides is 2. The van der Waals surface area contributed by atoms with E-state index in [9.17, 15) is 19.5 Å². The summed E-state index contributed by atoms with van der Waals surface area (Å²) in [4.78, 5) is 39.1. The Hall–Kier alpha value is -3.35. The summed E-state index contributed by atoms with van der Waals surface area (Å²) in [5.74, 6) is -1.23. The maximum absolute atomic E-state index is 13.3. The van der Waals surface area contributed by atoms with E-state index in [-0.39, 0.29) is 30.9 Å². The fourth-order valence-corrected chi connectivity index (χ4v) is 5.60. The average Bonchev–Trinajstić information content (AvgIpc) is 3.57. The van der Waals surface area contributed by atoms with Crippen molar-refractivity contribution in [3.05, 3.63) is 59.7 Å². The molecule has 5 rings (SSSR count). The van der Waals surface area contributed by atoms with Gasteiger partial charge < -0.3 is 20.1 Å². The van der Waals surface area contributed by atoms with Crippen molar-refractivity contribution in [1.82, 2.24) is 10.2 Å². The standard InChI is InChI=1S/C27H30N2O5/c1-17-7-6-14-29(23(17)24(30)31)25(32)27(12-13-27)16-28-26(33)34-15-22-20-10-4-2-8-18(20)19-9-3-5-11-21(19)22/h2-5,8-11,17,22-23H,6-7,12-16H2,1H3,(H,28,33)(H,30,31). The normalized spacial score (nSPS) is 22.4. The first kappa shape index (κ1) is 22.4. The molecule has 178 valence electrons. The van der Waals surface area contributed by atoms with E-state index >= 15 is 0 Å². The number of nitrogens with one attached hydrogen (secondary N) is 1. The molecular formula is C27H30N2O5. The van der Waals surface area contributed by atoms with Gasteiger partial charge in [0.15, 0.2) is 0 Å². The maximum atomic E-state index is 13.3. The van der Waals surface area contributed by atoms with Gasteiger partial charge in [0.05, 0.1) is 5.41 Å². The number of alkyl carbamates (subject to hydrolysis) is 1. The summed E-state index contributed by atoms with van der Waals surface area (Å²) in [7, 11) is 0. The van der Waals surface area contributed by atoms with Gasteiger partial charge in [0.25, 0.3) is 0 Å². The van der Waals surface area contributed by atoms with Crippen molar-refractivity contribution >= 4 is 18.0 Å². The summed E-state index contributed by atoms with van der Waals surface area (Å²) in [5.41, 5.74) is 3.90. The number of carbonyl (C=O) groups is 3. The van der Waals surface area contributed by atoms with Crippen LogP contribution in [0.3, 0.4) is 0 Å². The van der Waals surface area contributed by atoms with Crippen LogP contribution >= 0.6 is 0 Å². The van der Waals surface area contributed by atoms with Crippen LogP contribution in [0, 0.1) is 11.3 Å². The number of aliphatic carboxylic acids is 1. The van der Waals surface area contributed by atoms with Crippen LogP contribution in [0.5, 0.6) is 0 Å². The number of carboxylic acids is 1. The molecule has 2 N–H and O–H groups in total. The van der Waals surface area contributed by atoms with Crippen molar-refractivity contribution in [2.24, 2.45) is 11.3 Å². The Labute approximate surface area is 199 Å². The maximum Gasteiger partial charge on any atom is 0.407 e. The smallest absolute Gasteiger partial charge is 0.407 e. The van der Waals surface area contributed by atoms with Crippen molar-refractivity contribution in [3.8, 4) is 11.1 Å². The Morgan fingerprint density at radius 2 is 1.68 bits per heavy atom. The molecule has 34 heavy (non-hydrogen) atoms. The number of hydrogen-bond donors (Lipinski definition) is 2. The SMILES string of the molecule is CC1CCCN(C(=O)C2(CNC(=O)OCC3c4ccccc4-c4ccccc43)CC2)C1C(=O)O. The zero-order chi connectivity index (χ0) is 23.9. The first-order chi connectivity index (χ1) is 16.4. The minimum atomic E-state index is -0.958. The molecule has 2 fully saturated rings. The van der Waals surface area contributed by atoms with Gasteiger partial charge in [-0.2, -0.15) is 0 Å². The second kappa shape index (κ2) is 8.78. The Morgan fingerprint density at radius 1 is 1.06 bits per heavy atom. The van der Waals surface area contributed by atoms with Crippen molar-refractivity contribution in [3.63, 3.8) is 0 Å². The number of fused-ring (bicyclic) bond motifs is 3. The van der Waals surface area contributed by atoms with Gasteiger partial charge in [-0.15, -0.1) is 0 Å². The molecule has 1 saturated heterocycles. The van der Waals surface area contributed by atoms with Gasteiger partial charge in [0.1, 0.15) is 12.6 Å². The molecule has 1 saturated carbocycles. The van der Waals surface area contributed by atoms with E-state index in [2.05, 4.69) is 29.6 Å². The quantitative estimate of drug-likeness (QED) is 0.676. The second-order valence-electron chi connectivity index (χ2n) is 9.86. The fourth-order valence-electron chi connectivity index (χ4n) is 5.60. The number of hydrogen-bond acceptors (Lipinski definition) is 4. The van der Waals surface area contributed by atoms with Crippen LogP contribution in [0.1, 0.15) is 49.7 Å². The van der Waals surface area contributed by atoms with E-state index in [0.29, 0.717) is 19.4 Å². The molecule has 2 atom stereocenters. The van der Waals surface area contributed by atoms with E-state index in [1.807, 2.05) is 31.2 Å². The van der Waals surface area contributed by atoms with E-state index in [1.54, 1.807) is 0 Å². The van der Waals surface area contributed by atoms with Gasteiger partial charge in [0.2, 0.25) is 5.91 Å². The number of benzene rings is 2. The first-order valence-corrected chi connectivity index (χ1v) is 12.0. The molecule has 0 bridgehead atoms. The van der Waals surface area contributed by atoms with Crippen LogP contribution in [0.4, 0.5) is 4.79 Å². The van der Waals surface area contributed by atoms with Gasteiger partial charge in [-0.25, -0.2) is 9.59 Å². The summed E-state index contributed by atoms with van der Waals surface area (Å²) in [6.45, 7) is 2.71. The van der Waals surface area contributed by atoms with Gasteiger partial charge in [-0.3, -0.25) is 4.79 Å². The molecule has 3 aliphatic rings. The largest absolute Gasteiger partial charge is 0.480 e. The zero-order valence-corrected chi connectivity index (χ0v) is 19.3. The summed E-state index contributed by atoms with van der Waals surface area (Å²) < 4.78 is 5.60. The second-order valence-corrected chi connectivity index (χ2v) is 9.86. The number of likely N-dealkylation sites (tertiary alicyclic amines) is 1. The molecule has 2 aromatic rings. The highest BCUT2D eigenvalue weighted by Crippen LogP contribution is 2.48. The fraction of sp³-hybridized carbons (Fsp3) is 0.444. The summed E-state index contributed by atoms with van der Waals surface area (Å²) in [5, 5.41) is 12.4. The number of carbonyl (C=O) groups excluding carboxylic acids is 2. The zero-order valence-electron chi connectivity index (χ0n) is 19.3. The Balaban J connectivity index is 1.20. The van der Waals surface area contributed by atoms with E-state index in [0.717, 1.165) is 24.0 Å². The molecule has 1 aliphatic heterocycles. The lowest BCUT2D eigenvalue weighted by Gasteiger charge is -2.39. The molecule has 7 heteroatoms. The summed E-state index contributed by atoms with van der Waals surface area (Å²) in [6.07, 6.45) is 2.33. The molecule has 7 nitrogen and oxygen atoms in total. The Kier molecular flexibility index (Phi) is 5.80. The van der Waals surface area contributed by atoms with Gasteiger partial charge in [0, 0.05) is 19.0 Å². The highest BCUT2D eigenvalue weighted by molar-refractivity contribution is 5.90. The molecule has 2 aliphatic carbocycles. The van der Waals surface area contributed by atoms with Crippen LogP contribution in [0.15, 0.2) is 48.5 Å². The van der Waals surface area contributed by atoms with Crippen molar-refractivity contribution < 1.29 is 24.2 Å². The number of piperidine rings is 1. The lowest BCUT2D eigenvalue weighted by molar-refractivity contribution is -0.157. The van der Waals surface area contributed by atoms with Crippen molar-refractivity contribution in [2.45, 2.75) is 44.6 Å². The van der Waals surface area contributed by atoms with Crippen molar-refractivity contribution in [2.75, 3.05) is 19.7 Å². The summed E-state index contributed by atoms with van der Waals surface area (Å²) >= 11 is 0.